The quantitative estimate of drug-likeness (QED) is 0.653. The van der Waals surface area contributed by atoms with E-state index in [0.29, 0.717) is 43.1 Å². The molecule has 2 saturated heterocycles. The van der Waals surface area contributed by atoms with Crippen LogP contribution in [0.25, 0.3) is 0 Å². The summed E-state index contributed by atoms with van der Waals surface area (Å²) in [5, 5.41) is 3.65. The van der Waals surface area contributed by atoms with Gasteiger partial charge in [0.15, 0.2) is 0 Å². The van der Waals surface area contributed by atoms with Crippen molar-refractivity contribution in [2.75, 3.05) is 26.2 Å². The molecule has 2 fully saturated rings. The number of amides is 1. The first-order valence-electron chi connectivity index (χ1n) is 11.5. The minimum atomic E-state index is -3.98. The standard InChI is InChI=1S/C24H29ClFN3O4S/c1-17-15-27-12-13-28(17)24(30)33-16-21-6-3-7-23(18-4-2-5-20(26)14-18)29(21)34(31,32)22-10-8-19(25)9-11-22/h2,4-5,8-11,14,17,21,23,27H,3,6-7,12-13,15-16H2,1H3/t17-,21+,23-/m0/s1. The molecule has 2 aliphatic heterocycles. The predicted molar refractivity (Wildman–Crippen MR) is 128 cm³/mol. The number of hydrogen-bond donors (Lipinski definition) is 1. The van der Waals surface area contributed by atoms with Crippen molar-refractivity contribution < 1.29 is 22.3 Å². The van der Waals surface area contributed by atoms with E-state index in [4.69, 9.17) is 16.3 Å². The lowest BCUT2D eigenvalue weighted by atomic mass is 9.93. The molecule has 4 rings (SSSR count). The minimum Gasteiger partial charge on any atom is -0.448 e. The fourth-order valence-corrected chi connectivity index (χ4v) is 6.67. The van der Waals surface area contributed by atoms with Gasteiger partial charge in [0.05, 0.1) is 17.0 Å². The summed E-state index contributed by atoms with van der Waals surface area (Å²) in [6.07, 6.45) is 1.34. The monoisotopic (exact) mass is 509 g/mol. The average Bonchev–Trinajstić information content (AvgIpc) is 2.83. The van der Waals surface area contributed by atoms with Crippen LogP contribution in [0.3, 0.4) is 0 Å². The molecule has 1 N–H and O–H groups in total. The van der Waals surface area contributed by atoms with Gasteiger partial charge in [-0.15, -0.1) is 0 Å². The van der Waals surface area contributed by atoms with E-state index in [0.717, 1.165) is 6.42 Å². The van der Waals surface area contributed by atoms with Crippen molar-refractivity contribution in [2.45, 2.75) is 49.2 Å². The first kappa shape index (κ1) is 24.9. The normalized spacial score (nSPS) is 24.1. The summed E-state index contributed by atoms with van der Waals surface area (Å²) >= 11 is 5.97. The third-order valence-corrected chi connectivity index (χ3v) is 8.67. The fraction of sp³-hybridized carbons (Fsp3) is 0.458. The SMILES string of the molecule is C[C@H]1CNCCN1C(=O)OC[C@H]1CCC[C@@H](c2cccc(F)c2)N1S(=O)(=O)c1ccc(Cl)cc1. The lowest BCUT2D eigenvalue weighted by molar-refractivity contribution is 0.0500. The van der Waals surface area contributed by atoms with Gasteiger partial charge in [-0.1, -0.05) is 23.7 Å². The second-order valence-corrected chi connectivity index (χ2v) is 11.0. The number of halogens is 2. The van der Waals surface area contributed by atoms with Crippen LogP contribution in [0.4, 0.5) is 9.18 Å². The first-order valence-corrected chi connectivity index (χ1v) is 13.3. The zero-order chi connectivity index (χ0) is 24.3. The zero-order valence-electron chi connectivity index (χ0n) is 19.0. The van der Waals surface area contributed by atoms with Gasteiger partial charge in [-0.3, -0.25) is 0 Å². The molecule has 0 aromatic heterocycles. The zero-order valence-corrected chi connectivity index (χ0v) is 20.6. The number of ether oxygens (including phenoxy) is 1. The van der Waals surface area contributed by atoms with Crippen LogP contribution in [0.5, 0.6) is 0 Å². The molecular weight excluding hydrogens is 481 g/mol. The maximum atomic E-state index is 14.0. The molecule has 10 heteroatoms. The number of carbonyl (C=O) groups excluding carboxylic acids is 1. The van der Waals surface area contributed by atoms with Crippen LogP contribution in [0.1, 0.15) is 37.8 Å². The number of piperazine rings is 1. The number of rotatable bonds is 5. The Labute approximate surface area is 204 Å². The Bertz CT molecular complexity index is 1120. The summed E-state index contributed by atoms with van der Waals surface area (Å²) in [7, 11) is -3.98. The molecule has 0 saturated carbocycles. The van der Waals surface area contributed by atoms with Crippen molar-refractivity contribution in [3.05, 3.63) is 64.9 Å². The molecule has 0 bridgehead atoms. The van der Waals surface area contributed by atoms with E-state index >= 15 is 0 Å². The van der Waals surface area contributed by atoms with Gasteiger partial charge in [-0.2, -0.15) is 4.31 Å². The maximum absolute atomic E-state index is 14.0. The molecular formula is C24H29ClFN3O4S. The van der Waals surface area contributed by atoms with Gasteiger partial charge >= 0.3 is 6.09 Å². The van der Waals surface area contributed by atoms with E-state index in [9.17, 15) is 17.6 Å². The van der Waals surface area contributed by atoms with Crippen molar-refractivity contribution in [3.8, 4) is 0 Å². The highest BCUT2D eigenvalue weighted by molar-refractivity contribution is 7.89. The Balaban J connectivity index is 1.63. The van der Waals surface area contributed by atoms with E-state index < -0.39 is 34.0 Å². The van der Waals surface area contributed by atoms with Gasteiger partial charge in [0, 0.05) is 30.7 Å². The molecule has 34 heavy (non-hydrogen) atoms. The van der Waals surface area contributed by atoms with Gasteiger partial charge in [-0.05, 0) is 68.1 Å². The Kier molecular flexibility index (Phi) is 7.77. The molecule has 0 aliphatic carbocycles. The summed E-state index contributed by atoms with van der Waals surface area (Å²) < 4.78 is 48.7. The number of nitrogens with one attached hydrogen (secondary N) is 1. The predicted octanol–water partition coefficient (Wildman–Crippen LogP) is 4.19. The third kappa shape index (κ3) is 5.38. The lowest BCUT2D eigenvalue weighted by Crippen LogP contribution is -2.53. The summed E-state index contributed by atoms with van der Waals surface area (Å²) in [6.45, 7) is 3.75. The van der Waals surface area contributed by atoms with Gasteiger partial charge in [0.2, 0.25) is 10.0 Å². The number of benzene rings is 2. The van der Waals surface area contributed by atoms with Crippen molar-refractivity contribution in [1.29, 1.82) is 0 Å². The maximum Gasteiger partial charge on any atom is 0.410 e. The number of sulfonamides is 1. The first-order chi connectivity index (χ1) is 16.3. The Morgan fingerprint density at radius 2 is 1.97 bits per heavy atom. The molecule has 3 atom stereocenters. The molecule has 2 aliphatic rings. The number of nitrogens with zero attached hydrogens (tertiary/aromatic N) is 2. The summed E-state index contributed by atoms with van der Waals surface area (Å²) in [5.74, 6) is -0.428. The van der Waals surface area contributed by atoms with Crippen LogP contribution in [0, 0.1) is 5.82 Å². The Morgan fingerprint density at radius 1 is 1.21 bits per heavy atom. The molecule has 0 radical (unpaired) electrons. The van der Waals surface area contributed by atoms with Gasteiger partial charge in [0.1, 0.15) is 12.4 Å². The number of carbonyl (C=O) groups is 1. The van der Waals surface area contributed by atoms with Crippen LogP contribution in [-0.4, -0.2) is 62.0 Å². The average molecular weight is 510 g/mol. The van der Waals surface area contributed by atoms with Gasteiger partial charge < -0.3 is 15.0 Å². The lowest BCUT2D eigenvalue weighted by Gasteiger charge is -2.41. The summed E-state index contributed by atoms with van der Waals surface area (Å²) in [6, 6.07) is 10.8. The highest BCUT2D eigenvalue weighted by Crippen LogP contribution is 2.39. The van der Waals surface area contributed by atoms with Crippen molar-refractivity contribution in [2.24, 2.45) is 0 Å². The van der Waals surface area contributed by atoms with Crippen molar-refractivity contribution >= 4 is 27.7 Å². The van der Waals surface area contributed by atoms with Gasteiger partial charge in [0.25, 0.3) is 0 Å². The van der Waals surface area contributed by atoms with E-state index in [1.165, 1.54) is 40.7 Å². The second-order valence-electron chi connectivity index (χ2n) is 8.77. The molecule has 0 unspecified atom stereocenters. The molecule has 7 nitrogen and oxygen atoms in total. The highest BCUT2D eigenvalue weighted by Gasteiger charge is 2.41. The van der Waals surface area contributed by atoms with E-state index in [-0.39, 0.29) is 17.5 Å². The largest absolute Gasteiger partial charge is 0.448 e. The smallest absolute Gasteiger partial charge is 0.410 e. The second kappa shape index (κ2) is 10.6. The number of hydrogen-bond acceptors (Lipinski definition) is 5. The topological polar surface area (TPSA) is 79.0 Å². The van der Waals surface area contributed by atoms with Crippen LogP contribution in [0.15, 0.2) is 53.4 Å². The fourth-order valence-electron chi connectivity index (χ4n) is 4.69. The third-order valence-electron chi connectivity index (χ3n) is 6.44. The van der Waals surface area contributed by atoms with E-state index in [2.05, 4.69) is 5.32 Å². The number of piperidine rings is 1. The summed E-state index contributed by atoms with van der Waals surface area (Å²) in [4.78, 5) is 14.5. The van der Waals surface area contributed by atoms with E-state index in [1.807, 2.05) is 6.92 Å². The van der Waals surface area contributed by atoms with Crippen molar-refractivity contribution in [1.82, 2.24) is 14.5 Å². The molecule has 2 heterocycles. The molecule has 184 valence electrons. The summed E-state index contributed by atoms with van der Waals surface area (Å²) in [5.41, 5.74) is 0.573. The molecule has 0 spiro atoms. The van der Waals surface area contributed by atoms with Crippen LogP contribution in [0.2, 0.25) is 5.02 Å². The van der Waals surface area contributed by atoms with E-state index in [1.54, 1.807) is 17.0 Å². The minimum absolute atomic E-state index is 0.0125. The molecule has 2 aromatic carbocycles. The van der Waals surface area contributed by atoms with Crippen molar-refractivity contribution in [3.63, 3.8) is 0 Å². The molecule has 1 amide bonds. The Hall–Kier alpha value is -2.20. The highest BCUT2D eigenvalue weighted by atomic mass is 35.5. The van der Waals surface area contributed by atoms with Crippen LogP contribution >= 0.6 is 11.6 Å². The molecule has 2 aromatic rings. The van der Waals surface area contributed by atoms with Crippen LogP contribution in [-0.2, 0) is 14.8 Å². The van der Waals surface area contributed by atoms with Crippen LogP contribution < -0.4 is 5.32 Å². The van der Waals surface area contributed by atoms with Gasteiger partial charge in [-0.25, -0.2) is 17.6 Å². The Morgan fingerprint density at radius 3 is 2.68 bits per heavy atom.